The van der Waals surface area contributed by atoms with Crippen molar-refractivity contribution >= 4 is 27.7 Å². The molecule has 0 saturated heterocycles. The Morgan fingerprint density at radius 1 is 1.23 bits per heavy atom. The van der Waals surface area contributed by atoms with Crippen LogP contribution in [0.15, 0.2) is 41.4 Å². The number of nitrogens with one attached hydrogen (secondary N) is 1. The first kappa shape index (κ1) is 19.6. The van der Waals surface area contributed by atoms with Gasteiger partial charge < -0.3 is 10.4 Å². The monoisotopic (exact) mass is 380 g/mol. The zero-order chi connectivity index (χ0) is 19.3. The molecule has 0 aliphatic heterocycles. The predicted octanol–water partition coefficient (Wildman–Crippen LogP) is 1.25. The molecule has 0 radical (unpaired) electrons. The summed E-state index contributed by atoms with van der Waals surface area (Å²) in [6, 6.07) is 7.18. The number of rotatable bonds is 8. The van der Waals surface area contributed by atoms with Crippen LogP contribution < -0.4 is 5.32 Å². The second-order valence-corrected chi connectivity index (χ2v) is 7.30. The first-order valence-corrected chi connectivity index (χ1v) is 9.38. The lowest BCUT2D eigenvalue weighted by Gasteiger charge is -2.18. The summed E-state index contributed by atoms with van der Waals surface area (Å²) in [6.07, 6.45) is 1.42. The van der Waals surface area contributed by atoms with Gasteiger partial charge in [-0.2, -0.15) is 9.40 Å². The minimum Gasteiger partial charge on any atom is -0.480 e. The fraction of sp³-hybridized carbons (Fsp3) is 0.312. The lowest BCUT2D eigenvalue weighted by molar-refractivity contribution is -0.137. The number of carboxylic acids is 1. The third kappa shape index (κ3) is 4.46. The smallest absolute Gasteiger partial charge is 0.325 e. The van der Waals surface area contributed by atoms with E-state index in [1.165, 1.54) is 45.5 Å². The lowest BCUT2D eigenvalue weighted by atomic mass is 10.2. The summed E-state index contributed by atoms with van der Waals surface area (Å²) in [7, 11) is -3.67. The molecule has 1 heterocycles. The number of aliphatic carboxylic acids is 1. The zero-order valence-corrected chi connectivity index (χ0v) is 15.2. The molecule has 0 fully saturated rings. The molecule has 0 spiro atoms. The van der Waals surface area contributed by atoms with Crippen LogP contribution in [-0.2, 0) is 21.4 Å². The van der Waals surface area contributed by atoms with Gasteiger partial charge in [0, 0.05) is 30.9 Å². The zero-order valence-electron chi connectivity index (χ0n) is 14.4. The third-order valence-electron chi connectivity index (χ3n) is 3.62. The quantitative estimate of drug-likeness (QED) is 0.711. The summed E-state index contributed by atoms with van der Waals surface area (Å²) >= 11 is 0. The number of anilines is 1. The van der Waals surface area contributed by atoms with Crippen LogP contribution in [0, 0.1) is 0 Å². The topological polar surface area (TPSA) is 122 Å². The molecule has 1 aromatic heterocycles. The number of sulfonamides is 1. The first-order valence-electron chi connectivity index (χ1n) is 7.94. The van der Waals surface area contributed by atoms with Crippen molar-refractivity contribution in [1.29, 1.82) is 0 Å². The van der Waals surface area contributed by atoms with Crippen molar-refractivity contribution in [3.63, 3.8) is 0 Å². The van der Waals surface area contributed by atoms with Crippen molar-refractivity contribution < 1.29 is 23.1 Å². The van der Waals surface area contributed by atoms with E-state index in [1.54, 1.807) is 13.8 Å². The highest BCUT2D eigenvalue weighted by molar-refractivity contribution is 7.89. The van der Waals surface area contributed by atoms with Gasteiger partial charge in [0.1, 0.15) is 6.54 Å². The number of carbonyl (C=O) groups excluding carboxylic acids is 1. The molecule has 2 aromatic rings. The third-order valence-corrected chi connectivity index (χ3v) is 5.66. The van der Waals surface area contributed by atoms with E-state index in [0.717, 1.165) is 0 Å². The van der Waals surface area contributed by atoms with Crippen LogP contribution in [0.25, 0.3) is 0 Å². The molecule has 2 N–H and O–H groups in total. The highest BCUT2D eigenvalue weighted by Gasteiger charge is 2.22. The Labute approximate surface area is 151 Å². The van der Waals surface area contributed by atoms with Gasteiger partial charge in [-0.25, -0.2) is 8.42 Å². The second-order valence-electron chi connectivity index (χ2n) is 5.36. The van der Waals surface area contributed by atoms with Crippen molar-refractivity contribution in [2.45, 2.75) is 25.3 Å². The fourth-order valence-electron chi connectivity index (χ4n) is 2.35. The van der Waals surface area contributed by atoms with Gasteiger partial charge in [-0.3, -0.25) is 14.3 Å². The molecule has 0 atom stereocenters. The molecule has 10 heteroatoms. The molecule has 0 unspecified atom stereocenters. The van der Waals surface area contributed by atoms with Crippen molar-refractivity contribution in [3.05, 3.63) is 42.1 Å². The Balaban J connectivity index is 2.20. The van der Waals surface area contributed by atoms with Gasteiger partial charge in [-0.05, 0) is 18.2 Å². The number of hydrogen-bond acceptors (Lipinski definition) is 5. The van der Waals surface area contributed by atoms with E-state index in [1.807, 2.05) is 0 Å². The van der Waals surface area contributed by atoms with Crippen LogP contribution >= 0.6 is 0 Å². The average molecular weight is 380 g/mol. The molecule has 26 heavy (non-hydrogen) atoms. The first-order chi connectivity index (χ1) is 12.3. The molecule has 140 valence electrons. The van der Waals surface area contributed by atoms with Crippen LogP contribution in [0.3, 0.4) is 0 Å². The van der Waals surface area contributed by atoms with Gasteiger partial charge in [0.15, 0.2) is 5.82 Å². The van der Waals surface area contributed by atoms with Crippen LogP contribution in [0.1, 0.15) is 24.2 Å². The Morgan fingerprint density at radius 2 is 1.92 bits per heavy atom. The maximum absolute atomic E-state index is 12.6. The van der Waals surface area contributed by atoms with E-state index in [4.69, 9.17) is 5.11 Å². The molecule has 2 rings (SSSR count). The predicted molar refractivity (Wildman–Crippen MR) is 94.4 cm³/mol. The van der Waals surface area contributed by atoms with Crippen LogP contribution in [0.4, 0.5) is 5.82 Å². The van der Waals surface area contributed by atoms with Crippen molar-refractivity contribution in [3.8, 4) is 0 Å². The number of benzene rings is 1. The van der Waals surface area contributed by atoms with E-state index in [9.17, 15) is 18.0 Å². The van der Waals surface area contributed by atoms with Crippen molar-refractivity contribution in [2.75, 3.05) is 18.4 Å². The minimum atomic E-state index is -3.67. The Morgan fingerprint density at radius 3 is 2.54 bits per heavy atom. The summed E-state index contributed by atoms with van der Waals surface area (Å²) < 4.78 is 27.6. The van der Waals surface area contributed by atoms with Gasteiger partial charge in [-0.1, -0.05) is 19.9 Å². The standard InChI is InChI=1S/C16H20N4O5S/c1-3-20(4-2)26(24,25)13-7-5-6-12(10-13)16(23)17-14-8-9-19(18-14)11-15(21)22/h5-10H,3-4,11H2,1-2H3,(H,21,22)(H,17,18,23). The molecule has 1 amide bonds. The van der Waals surface area contributed by atoms with E-state index in [-0.39, 0.29) is 22.8 Å². The highest BCUT2D eigenvalue weighted by Crippen LogP contribution is 2.17. The van der Waals surface area contributed by atoms with Gasteiger partial charge in [0.2, 0.25) is 10.0 Å². The Bertz CT molecular complexity index is 903. The molecule has 0 aliphatic rings. The van der Waals surface area contributed by atoms with Gasteiger partial charge in [0.25, 0.3) is 5.91 Å². The fourth-order valence-corrected chi connectivity index (χ4v) is 3.86. The van der Waals surface area contributed by atoms with E-state index in [2.05, 4.69) is 10.4 Å². The maximum atomic E-state index is 12.6. The number of carbonyl (C=O) groups is 2. The van der Waals surface area contributed by atoms with Crippen LogP contribution in [0.2, 0.25) is 0 Å². The van der Waals surface area contributed by atoms with Gasteiger partial charge in [0.05, 0.1) is 4.90 Å². The number of aromatic nitrogens is 2. The van der Waals surface area contributed by atoms with E-state index < -0.39 is 21.9 Å². The number of nitrogens with zero attached hydrogens (tertiary/aromatic N) is 3. The highest BCUT2D eigenvalue weighted by atomic mass is 32.2. The second kappa shape index (κ2) is 8.11. The van der Waals surface area contributed by atoms with Gasteiger partial charge in [-0.15, -0.1) is 0 Å². The number of carboxylic acid groups (broad SMARTS) is 1. The summed E-state index contributed by atoms with van der Waals surface area (Å²) in [5.41, 5.74) is 0.158. The largest absolute Gasteiger partial charge is 0.480 e. The Kier molecular flexibility index (Phi) is 6.11. The summed E-state index contributed by atoms with van der Waals surface area (Å²) in [4.78, 5) is 23.0. The lowest BCUT2D eigenvalue weighted by Crippen LogP contribution is -2.30. The van der Waals surface area contributed by atoms with E-state index >= 15 is 0 Å². The molecule has 0 bridgehead atoms. The summed E-state index contributed by atoms with van der Waals surface area (Å²) in [5.74, 6) is -1.42. The van der Waals surface area contributed by atoms with Gasteiger partial charge >= 0.3 is 5.97 Å². The molecule has 1 aromatic carbocycles. The number of hydrogen-bond donors (Lipinski definition) is 2. The van der Waals surface area contributed by atoms with E-state index in [0.29, 0.717) is 13.1 Å². The normalized spacial score (nSPS) is 11.5. The Hall–Kier alpha value is -2.72. The molecule has 0 saturated carbocycles. The van der Waals surface area contributed by atoms with Crippen LogP contribution in [0.5, 0.6) is 0 Å². The summed E-state index contributed by atoms with van der Waals surface area (Å²) in [6.45, 7) is 3.82. The SMILES string of the molecule is CCN(CC)S(=O)(=O)c1cccc(C(=O)Nc2ccn(CC(=O)O)n2)c1. The average Bonchev–Trinajstić information content (AvgIpc) is 3.02. The van der Waals surface area contributed by atoms with Crippen LogP contribution in [-0.4, -0.2) is 52.6 Å². The summed E-state index contributed by atoms with van der Waals surface area (Å²) in [5, 5.41) is 15.2. The molecular formula is C16H20N4O5S. The number of amides is 1. The molecule has 0 aliphatic carbocycles. The maximum Gasteiger partial charge on any atom is 0.325 e. The molecular weight excluding hydrogens is 360 g/mol. The van der Waals surface area contributed by atoms with Crippen molar-refractivity contribution in [1.82, 2.24) is 14.1 Å². The van der Waals surface area contributed by atoms with Crippen molar-refractivity contribution in [2.24, 2.45) is 0 Å². The minimum absolute atomic E-state index is 0.0326. The molecule has 9 nitrogen and oxygen atoms in total.